The maximum atomic E-state index is 12.7. The largest absolute Gasteiger partial charge is 0.433 e. The van der Waals surface area contributed by atoms with Crippen LogP contribution in [0.4, 0.5) is 13.2 Å². The van der Waals surface area contributed by atoms with Crippen LogP contribution >= 0.6 is 11.8 Å². The van der Waals surface area contributed by atoms with Crippen molar-refractivity contribution in [2.45, 2.75) is 37.6 Å². The second-order valence-corrected chi connectivity index (χ2v) is 4.94. The Bertz CT molecular complexity index is 496. The van der Waals surface area contributed by atoms with Crippen LogP contribution in [-0.4, -0.2) is 15.3 Å². The Labute approximate surface area is 100 Å². The van der Waals surface area contributed by atoms with Gasteiger partial charge in [0.25, 0.3) is 5.56 Å². The van der Waals surface area contributed by atoms with Gasteiger partial charge in [-0.25, -0.2) is 4.98 Å². The maximum absolute atomic E-state index is 12.7. The monoisotopic (exact) mass is 264 g/mol. The Morgan fingerprint density at radius 3 is 2.71 bits per heavy atom. The molecule has 0 N–H and O–H groups in total. The molecule has 0 atom stereocenters. The van der Waals surface area contributed by atoms with Crippen molar-refractivity contribution in [3.8, 4) is 0 Å². The molecule has 0 aromatic carbocycles. The Hall–Kier alpha value is -0.980. The summed E-state index contributed by atoms with van der Waals surface area (Å²) in [4.78, 5) is 15.4. The first-order valence-corrected chi connectivity index (χ1v) is 6.21. The Morgan fingerprint density at radius 2 is 2.06 bits per heavy atom. The quantitative estimate of drug-likeness (QED) is 0.675. The van der Waals surface area contributed by atoms with Crippen LogP contribution in [0.3, 0.4) is 0 Å². The second kappa shape index (κ2) is 4.36. The lowest BCUT2D eigenvalue weighted by Crippen LogP contribution is -2.29. The SMILES string of the molecule is Cc1c(C(F)(F)F)nc2n(c1=O)CCCCS2. The van der Waals surface area contributed by atoms with Crippen molar-refractivity contribution in [1.82, 2.24) is 9.55 Å². The zero-order valence-electron chi connectivity index (χ0n) is 9.17. The van der Waals surface area contributed by atoms with Crippen LogP contribution in [0.5, 0.6) is 0 Å². The molecule has 1 aromatic rings. The highest BCUT2D eigenvalue weighted by Crippen LogP contribution is 2.31. The van der Waals surface area contributed by atoms with Crippen molar-refractivity contribution in [3.05, 3.63) is 21.6 Å². The molecule has 0 bridgehead atoms. The first-order valence-electron chi connectivity index (χ1n) is 5.22. The number of hydrogen-bond acceptors (Lipinski definition) is 3. The molecule has 0 saturated heterocycles. The summed E-state index contributed by atoms with van der Waals surface area (Å²) in [6.45, 7) is 1.63. The summed E-state index contributed by atoms with van der Waals surface area (Å²) in [5, 5.41) is 0.186. The van der Waals surface area contributed by atoms with E-state index in [1.807, 2.05) is 0 Å². The van der Waals surface area contributed by atoms with Crippen LogP contribution in [0.1, 0.15) is 24.1 Å². The molecule has 1 aliphatic heterocycles. The van der Waals surface area contributed by atoms with E-state index in [1.165, 1.54) is 23.3 Å². The average Bonchev–Trinajstić information content (AvgIpc) is 2.46. The summed E-state index contributed by atoms with van der Waals surface area (Å²) in [5.41, 5.74) is -1.94. The van der Waals surface area contributed by atoms with Gasteiger partial charge in [0.2, 0.25) is 0 Å². The summed E-state index contributed by atoms with van der Waals surface area (Å²) in [7, 11) is 0. The molecule has 0 aliphatic carbocycles. The van der Waals surface area contributed by atoms with Gasteiger partial charge in [0, 0.05) is 17.9 Å². The van der Waals surface area contributed by atoms with Gasteiger partial charge in [-0.1, -0.05) is 11.8 Å². The molecule has 17 heavy (non-hydrogen) atoms. The molecule has 2 heterocycles. The van der Waals surface area contributed by atoms with E-state index in [4.69, 9.17) is 0 Å². The molecule has 2 rings (SSSR count). The number of nitrogens with zero attached hydrogens (tertiary/aromatic N) is 2. The molecule has 7 heteroatoms. The average molecular weight is 264 g/mol. The number of halogens is 3. The third kappa shape index (κ3) is 2.34. The van der Waals surface area contributed by atoms with Crippen molar-refractivity contribution >= 4 is 11.8 Å². The number of hydrogen-bond donors (Lipinski definition) is 0. The Morgan fingerprint density at radius 1 is 1.35 bits per heavy atom. The number of rotatable bonds is 0. The molecule has 0 unspecified atom stereocenters. The van der Waals surface area contributed by atoms with Gasteiger partial charge in [-0.3, -0.25) is 9.36 Å². The van der Waals surface area contributed by atoms with Crippen LogP contribution in [0.15, 0.2) is 9.95 Å². The molecule has 0 saturated carbocycles. The van der Waals surface area contributed by atoms with E-state index in [0.29, 0.717) is 12.3 Å². The summed E-state index contributed by atoms with van der Waals surface area (Å²) >= 11 is 1.21. The standard InChI is InChI=1S/C10H11F3N2OS/c1-6-7(10(11,12)13)14-9-15(8(6)16)4-2-3-5-17-9/h2-5H2,1H3. The van der Waals surface area contributed by atoms with E-state index in [9.17, 15) is 18.0 Å². The predicted molar refractivity (Wildman–Crippen MR) is 58.2 cm³/mol. The molecule has 0 spiro atoms. The van der Waals surface area contributed by atoms with Crippen LogP contribution < -0.4 is 5.56 Å². The number of alkyl halides is 3. The molecular weight excluding hydrogens is 253 g/mol. The zero-order valence-corrected chi connectivity index (χ0v) is 9.99. The predicted octanol–water partition coefficient (Wildman–Crippen LogP) is 2.46. The van der Waals surface area contributed by atoms with Crippen molar-refractivity contribution in [1.29, 1.82) is 0 Å². The number of fused-ring (bicyclic) bond motifs is 1. The fourth-order valence-corrected chi connectivity index (χ4v) is 2.77. The highest BCUT2D eigenvalue weighted by molar-refractivity contribution is 7.99. The van der Waals surface area contributed by atoms with Gasteiger partial charge in [0.05, 0.1) is 0 Å². The van der Waals surface area contributed by atoms with E-state index >= 15 is 0 Å². The van der Waals surface area contributed by atoms with Gasteiger partial charge in [-0.15, -0.1) is 0 Å². The van der Waals surface area contributed by atoms with Crippen molar-refractivity contribution in [2.75, 3.05) is 5.75 Å². The molecule has 0 amide bonds. The second-order valence-electron chi connectivity index (χ2n) is 3.88. The Balaban J connectivity index is 2.64. The lowest BCUT2D eigenvalue weighted by molar-refractivity contribution is -0.142. The fraction of sp³-hybridized carbons (Fsp3) is 0.600. The first-order chi connectivity index (χ1) is 7.91. The van der Waals surface area contributed by atoms with Crippen molar-refractivity contribution in [3.63, 3.8) is 0 Å². The lowest BCUT2D eigenvalue weighted by Gasteiger charge is -2.14. The third-order valence-electron chi connectivity index (χ3n) is 2.64. The first kappa shape index (κ1) is 12.5. The van der Waals surface area contributed by atoms with Gasteiger partial charge in [-0.05, 0) is 19.8 Å². The highest BCUT2D eigenvalue weighted by atomic mass is 32.2. The minimum Gasteiger partial charge on any atom is -0.287 e. The lowest BCUT2D eigenvalue weighted by atomic mass is 10.2. The highest BCUT2D eigenvalue weighted by Gasteiger charge is 2.36. The maximum Gasteiger partial charge on any atom is 0.433 e. The minimum absolute atomic E-state index is 0.186. The van der Waals surface area contributed by atoms with Crippen molar-refractivity contribution < 1.29 is 13.2 Å². The van der Waals surface area contributed by atoms with Gasteiger partial charge in [0.15, 0.2) is 10.9 Å². The molecule has 94 valence electrons. The smallest absolute Gasteiger partial charge is 0.287 e. The summed E-state index contributed by atoms with van der Waals surface area (Å²) < 4.78 is 39.4. The normalized spacial score (nSPS) is 16.5. The number of aromatic nitrogens is 2. The number of thioether (sulfide) groups is 1. The van der Waals surface area contributed by atoms with E-state index in [-0.39, 0.29) is 10.7 Å². The molecule has 3 nitrogen and oxygen atoms in total. The van der Waals surface area contributed by atoms with Crippen LogP contribution in [0.2, 0.25) is 0 Å². The van der Waals surface area contributed by atoms with E-state index < -0.39 is 17.4 Å². The van der Waals surface area contributed by atoms with Crippen molar-refractivity contribution in [2.24, 2.45) is 0 Å². The molecule has 0 fully saturated rings. The third-order valence-corrected chi connectivity index (χ3v) is 3.70. The topological polar surface area (TPSA) is 34.9 Å². The molecule has 1 aliphatic rings. The van der Waals surface area contributed by atoms with Crippen LogP contribution in [0.25, 0.3) is 0 Å². The molecule has 1 aromatic heterocycles. The van der Waals surface area contributed by atoms with Crippen LogP contribution in [0, 0.1) is 6.92 Å². The van der Waals surface area contributed by atoms with E-state index in [2.05, 4.69) is 4.98 Å². The van der Waals surface area contributed by atoms with Gasteiger partial charge >= 0.3 is 6.18 Å². The zero-order chi connectivity index (χ0) is 12.6. The summed E-state index contributed by atoms with van der Waals surface area (Å²) in [5.74, 6) is 0.701. The summed E-state index contributed by atoms with van der Waals surface area (Å²) in [6.07, 6.45) is -2.88. The molecule has 0 radical (unpaired) electrons. The van der Waals surface area contributed by atoms with E-state index in [0.717, 1.165) is 12.8 Å². The van der Waals surface area contributed by atoms with E-state index in [1.54, 1.807) is 0 Å². The van der Waals surface area contributed by atoms with Crippen LogP contribution in [-0.2, 0) is 12.7 Å². The van der Waals surface area contributed by atoms with Gasteiger partial charge in [0.1, 0.15) is 0 Å². The molecular formula is C10H11F3N2OS. The van der Waals surface area contributed by atoms with Gasteiger partial charge < -0.3 is 0 Å². The Kier molecular flexibility index (Phi) is 3.20. The summed E-state index contributed by atoms with van der Waals surface area (Å²) in [6, 6.07) is 0. The minimum atomic E-state index is -4.56. The van der Waals surface area contributed by atoms with Gasteiger partial charge in [-0.2, -0.15) is 13.2 Å². The fourth-order valence-electron chi connectivity index (χ4n) is 1.75.